The van der Waals surface area contributed by atoms with Crippen molar-refractivity contribution in [3.05, 3.63) is 59.4 Å². The van der Waals surface area contributed by atoms with Crippen molar-refractivity contribution in [2.45, 2.75) is 11.9 Å². The maximum absolute atomic E-state index is 13.4. The van der Waals surface area contributed by atoms with Crippen LogP contribution in [-0.4, -0.2) is 23.4 Å². The second-order valence-electron chi connectivity index (χ2n) is 5.40. The van der Waals surface area contributed by atoms with Gasteiger partial charge >= 0.3 is 0 Å². The fourth-order valence-corrected chi connectivity index (χ4v) is 4.07. The summed E-state index contributed by atoms with van der Waals surface area (Å²) in [5, 5.41) is -0.151. The number of halogens is 1. The van der Waals surface area contributed by atoms with Crippen molar-refractivity contribution in [3.63, 3.8) is 0 Å². The van der Waals surface area contributed by atoms with Crippen LogP contribution in [0.1, 0.15) is 16.5 Å². The summed E-state index contributed by atoms with van der Waals surface area (Å²) in [4.78, 5) is 14.0. The van der Waals surface area contributed by atoms with Gasteiger partial charge < -0.3 is 14.4 Å². The zero-order valence-corrected chi connectivity index (χ0v) is 13.0. The lowest BCUT2D eigenvalue weighted by Crippen LogP contribution is -2.27. The van der Waals surface area contributed by atoms with Gasteiger partial charge in [0.05, 0.1) is 5.75 Å². The minimum Gasteiger partial charge on any atom is -0.454 e. The molecule has 0 bridgehead atoms. The topological polar surface area (TPSA) is 38.8 Å². The van der Waals surface area contributed by atoms with Crippen LogP contribution in [0.3, 0.4) is 0 Å². The van der Waals surface area contributed by atoms with Gasteiger partial charge in [-0.05, 0) is 23.8 Å². The summed E-state index contributed by atoms with van der Waals surface area (Å²) in [6.07, 6.45) is 0. The first-order valence-electron chi connectivity index (χ1n) is 7.26. The van der Waals surface area contributed by atoms with E-state index in [1.807, 2.05) is 24.3 Å². The number of amides is 1. The van der Waals surface area contributed by atoms with Crippen LogP contribution in [0, 0.1) is 5.82 Å². The van der Waals surface area contributed by atoms with Gasteiger partial charge in [-0.15, -0.1) is 11.8 Å². The Morgan fingerprint density at radius 1 is 1.22 bits per heavy atom. The first-order chi connectivity index (χ1) is 11.2. The molecule has 4 rings (SSSR count). The second-order valence-corrected chi connectivity index (χ2v) is 6.46. The molecule has 1 unspecified atom stereocenters. The third-order valence-corrected chi connectivity index (χ3v) is 5.14. The van der Waals surface area contributed by atoms with E-state index in [0.717, 1.165) is 11.1 Å². The molecule has 6 heteroatoms. The van der Waals surface area contributed by atoms with E-state index in [4.69, 9.17) is 9.47 Å². The lowest BCUT2D eigenvalue weighted by Gasteiger charge is -2.25. The number of ether oxygens (including phenoxy) is 2. The SMILES string of the molecule is O=C1CSC(c2cccc3c2OCO3)N1Cc1cccc(F)c1. The monoisotopic (exact) mass is 331 g/mol. The molecular weight excluding hydrogens is 317 g/mol. The Morgan fingerprint density at radius 2 is 2.09 bits per heavy atom. The molecular formula is C17H14FNO3S. The zero-order valence-electron chi connectivity index (χ0n) is 12.2. The number of hydrogen-bond donors (Lipinski definition) is 0. The van der Waals surface area contributed by atoms with E-state index in [9.17, 15) is 9.18 Å². The van der Waals surface area contributed by atoms with Crippen LogP contribution in [0.25, 0.3) is 0 Å². The van der Waals surface area contributed by atoms with E-state index < -0.39 is 0 Å². The molecule has 0 saturated carbocycles. The summed E-state index contributed by atoms with van der Waals surface area (Å²) in [6.45, 7) is 0.570. The van der Waals surface area contributed by atoms with Crippen LogP contribution in [-0.2, 0) is 11.3 Å². The number of fused-ring (bicyclic) bond motifs is 1. The summed E-state index contributed by atoms with van der Waals surface area (Å²) in [5.41, 5.74) is 1.70. The highest BCUT2D eigenvalue weighted by Crippen LogP contribution is 2.47. The molecule has 0 spiro atoms. The smallest absolute Gasteiger partial charge is 0.234 e. The van der Waals surface area contributed by atoms with Gasteiger partial charge in [-0.25, -0.2) is 4.39 Å². The molecule has 1 saturated heterocycles. The standard InChI is InChI=1S/C17H14FNO3S/c18-12-4-1-3-11(7-12)8-19-15(20)9-23-17(19)13-5-2-6-14-16(13)22-10-21-14/h1-7,17H,8-10H2. The van der Waals surface area contributed by atoms with Crippen molar-refractivity contribution in [2.75, 3.05) is 12.5 Å². The number of hydrogen-bond acceptors (Lipinski definition) is 4. The Bertz CT molecular complexity index is 767. The van der Waals surface area contributed by atoms with E-state index in [1.54, 1.807) is 22.7 Å². The normalized spacial score (nSPS) is 19.4. The predicted molar refractivity (Wildman–Crippen MR) is 84.7 cm³/mol. The third kappa shape index (κ3) is 2.63. The highest BCUT2D eigenvalue weighted by molar-refractivity contribution is 8.00. The zero-order chi connectivity index (χ0) is 15.8. The summed E-state index contributed by atoms with van der Waals surface area (Å²) >= 11 is 1.55. The maximum Gasteiger partial charge on any atom is 0.234 e. The number of thioether (sulfide) groups is 1. The number of rotatable bonds is 3. The highest BCUT2D eigenvalue weighted by Gasteiger charge is 2.36. The lowest BCUT2D eigenvalue weighted by molar-refractivity contribution is -0.128. The molecule has 1 fully saturated rings. The van der Waals surface area contributed by atoms with E-state index >= 15 is 0 Å². The van der Waals surface area contributed by atoms with Crippen LogP contribution in [0.2, 0.25) is 0 Å². The molecule has 2 aromatic rings. The molecule has 1 amide bonds. The van der Waals surface area contributed by atoms with Crippen LogP contribution >= 0.6 is 11.8 Å². The predicted octanol–water partition coefficient (Wildman–Crippen LogP) is 3.33. The van der Waals surface area contributed by atoms with Gasteiger partial charge in [0, 0.05) is 12.1 Å². The Balaban J connectivity index is 1.66. The van der Waals surface area contributed by atoms with Gasteiger partial charge in [0.1, 0.15) is 11.2 Å². The van der Waals surface area contributed by atoms with Gasteiger partial charge in [0.2, 0.25) is 12.7 Å². The molecule has 2 heterocycles. The first kappa shape index (κ1) is 14.4. The minimum absolute atomic E-state index is 0.0424. The first-order valence-corrected chi connectivity index (χ1v) is 8.31. The molecule has 118 valence electrons. The number of carbonyl (C=O) groups excluding carboxylic acids is 1. The quantitative estimate of drug-likeness (QED) is 0.865. The Hall–Kier alpha value is -2.21. The molecule has 0 aromatic heterocycles. The lowest BCUT2D eigenvalue weighted by atomic mass is 10.1. The molecule has 1 atom stereocenters. The van der Waals surface area contributed by atoms with E-state index in [0.29, 0.717) is 23.8 Å². The Labute approximate surface area is 137 Å². The highest BCUT2D eigenvalue weighted by atomic mass is 32.2. The molecule has 4 nitrogen and oxygen atoms in total. The van der Waals surface area contributed by atoms with Gasteiger partial charge in [-0.2, -0.15) is 0 Å². The van der Waals surface area contributed by atoms with Crippen molar-refractivity contribution < 1.29 is 18.7 Å². The molecule has 2 aliphatic heterocycles. The fourth-order valence-electron chi connectivity index (χ4n) is 2.86. The van der Waals surface area contributed by atoms with Gasteiger partial charge in [-0.3, -0.25) is 4.79 Å². The van der Waals surface area contributed by atoms with Crippen molar-refractivity contribution >= 4 is 17.7 Å². The summed E-state index contributed by atoms with van der Waals surface area (Å²) in [7, 11) is 0. The summed E-state index contributed by atoms with van der Waals surface area (Å²) in [6, 6.07) is 12.0. The molecule has 0 N–H and O–H groups in total. The van der Waals surface area contributed by atoms with Crippen molar-refractivity contribution in [1.29, 1.82) is 0 Å². The largest absolute Gasteiger partial charge is 0.454 e. The average molecular weight is 331 g/mol. The second kappa shape index (κ2) is 5.77. The summed E-state index contributed by atoms with van der Waals surface area (Å²) in [5.74, 6) is 1.55. The molecule has 2 aliphatic rings. The van der Waals surface area contributed by atoms with E-state index in [-0.39, 0.29) is 23.9 Å². The molecule has 23 heavy (non-hydrogen) atoms. The number of nitrogens with zero attached hydrogens (tertiary/aromatic N) is 1. The van der Waals surface area contributed by atoms with Crippen LogP contribution in [0.4, 0.5) is 4.39 Å². The minimum atomic E-state index is -0.296. The number of benzene rings is 2. The van der Waals surface area contributed by atoms with Crippen molar-refractivity contribution in [1.82, 2.24) is 4.90 Å². The number of carbonyl (C=O) groups is 1. The molecule has 2 aromatic carbocycles. The van der Waals surface area contributed by atoms with Gasteiger partial charge in [0.25, 0.3) is 0 Å². The van der Waals surface area contributed by atoms with Crippen molar-refractivity contribution in [2.24, 2.45) is 0 Å². The summed E-state index contributed by atoms with van der Waals surface area (Å²) < 4.78 is 24.4. The maximum atomic E-state index is 13.4. The third-order valence-electron chi connectivity index (χ3n) is 3.90. The van der Waals surface area contributed by atoms with E-state index in [2.05, 4.69) is 0 Å². The van der Waals surface area contributed by atoms with E-state index in [1.165, 1.54) is 12.1 Å². The van der Waals surface area contributed by atoms with Crippen LogP contribution < -0.4 is 9.47 Å². The van der Waals surface area contributed by atoms with Gasteiger partial charge in [-0.1, -0.05) is 24.3 Å². The number of para-hydroxylation sites is 1. The molecule has 0 radical (unpaired) electrons. The van der Waals surface area contributed by atoms with Crippen molar-refractivity contribution in [3.8, 4) is 11.5 Å². The Kier molecular flexibility index (Phi) is 3.61. The molecule has 0 aliphatic carbocycles. The van der Waals surface area contributed by atoms with Crippen LogP contribution in [0.5, 0.6) is 11.5 Å². The average Bonchev–Trinajstić information content (AvgIpc) is 3.15. The van der Waals surface area contributed by atoms with Crippen LogP contribution in [0.15, 0.2) is 42.5 Å². The Morgan fingerprint density at radius 3 is 2.96 bits per heavy atom. The van der Waals surface area contributed by atoms with Gasteiger partial charge in [0.15, 0.2) is 11.5 Å². The fraction of sp³-hybridized carbons (Fsp3) is 0.235.